The van der Waals surface area contributed by atoms with Gasteiger partial charge in [0.15, 0.2) is 9.84 Å². The van der Waals surface area contributed by atoms with Crippen molar-refractivity contribution in [3.63, 3.8) is 0 Å². The minimum Gasteiger partial charge on any atom is -0.258 e. The topological polar surface area (TPSA) is 77.3 Å². The van der Waals surface area contributed by atoms with E-state index in [9.17, 15) is 18.5 Å². The van der Waals surface area contributed by atoms with Crippen LogP contribution in [0.2, 0.25) is 0 Å². The predicted octanol–water partition coefficient (Wildman–Crippen LogP) is 1.76. The monoisotopic (exact) mass is 293 g/mol. The van der Waals surface area contributed by atoms with E-state index >= 15 is 0 Å². The SMILES string of the molecule is O=[N+]([O-])c1ccccc1S(=O)(=O)CCBr. The summed E-state index contributed by atoms with van der Waals surface area (Å²) in [5.41, 5.74) is -0.376. The molecule has 0 saturated carbocycles. The van der Waals surface area contributed by atoms with Crippen molar-refractivity contribution in [3.05, 3.63) is 34.4 Å². The first-order chi connectivity index (χ1) is 6.99. The van der Waals surface area contributed by atoms with Gasteiger partial charge in [0.05, 0.1) is 10.7 Å². The molecule has 0 aromatic heterocycles. The van der Waals surface area contributed by atoms with E-state index in [0.717, 1.165) is 0 Å². The van der Waals surface area contributed by atoms with Gasteiger partial charge in [0, 0.05) is 11.4 Å². The summed E-state index contributed by atoms with van der Waals surface area (Å²) in [6.45, 7) is 0. The van der Waals surface area contributed by atoms with E-state index in [2.05, 4.69) is 15.9 Å². The first-order valence-corrected chi connectivity index (χ1v) is 6.78. The fourth-order valence-corrected chi connectivity index (χ4v) is 3.53. The third-order valence-electron chi connectivity index (χ3n) is 1.74. The standard InChI is InChI=1S/C8H8BrNO4S/c9-5-6-15(13,14)8-4-2-1-3-7(8)10(11)12/h1-4H,5-6H2. The van der Waals surface area contributed by atoms with Crippen LogP contribution >= 0.6 is 15.9 Å². The smallest absolute Gasteiger partial charge is 0.258 e. The molecule has 0 aliphatic carbocycles. The Morgan fingerprint density at radius 3 is 2.47 bits per heavy atom. The number of nitro groups is 1. The van der Waals surface area contributed by atoms with Gasteiger partial charge >= 0.3 is 0 Å². The molecule has 0 atom stereocenters. The van der Waals surface area contributed by atoms with Crippen molar-refractivity contribution < 1.29 is 13.3 Å². The van der Waals surface area contributed by atoms with E-state index in [0.29, 0.717) is 0 Å². The number of nitro benzene ring substituents is 1. The zero-order valence-electron chi connectivity index (χ0n) is 7.59. The van der Waals surface area contributed by atoms with Crippen LogP contribution in [0.3, 0.4) is 0 Å². The molecule has 0 N–H and O–H groups in total. The molecule has 15 heavy (non-hydrogen) atoms. The third kappa shape index (κ3) is 2.75. The van der Waals surface area contributed by atoms with E-state index in [1.165, 1.54) is 24.3 Å². The number of para-hydroxylation sites is 1. The number of hydrogen-bond donors (Lipinski definition) is 0. The van der Waals surface area contributed by atoms with Crippen molar-refractivity contribution >= 4 is 31.5 Å². The highest BCUT2D eigenvalue weighted by atomic mass is 79.9. The van der Waals surface area contributed by atoms with E-state index in [1.807, 2.05) is 0 Å². The Bertz CT molecular complexity index is 471. The van der Waals surface area contributed by atoms with Gasteiger partial charge in [-0.1, -0.05) is 28.1 Å². The maximum Gasteiger partial charge on any atom is 0.287 e. The molecule has 1 aromatic carbocycles. The van der Waals surface area contributed by atoms with Gasteiger partial charge in [-0.3, -0.25) is 10.1 Å². The van der Waals surface area contributed by atoms with Gasteiger partial charge in [0.1, 0.15) is 4.90 Å². The molecule has 0 amide bonds. The number of nitrogens with zero attached hydrogens (tertiary/aromatic N) is 1. The summed E-state index contributed by atoms with van der Waals surface area (Å²) >= 11 is 3.00. The molecule has 0 unspecified atom stereocenters. The molecule has 0 fully saturated rings. The second-order valence-electron chi connectivity index (χ2n) is 2.73. The van der Waals surface area contributed by atoms with Gasteiger partial charge in [-0.05, 0) is 6.07 Å². The lowest BCUT2D eigenvalue weighted by atomic mass is 10.3. The molecule has 0 aliphatic rings. The summed E-state index contributed by atoms with van der Waals surface area (Å²) in [7, 11) is -3.57. The second-order valence-corrected chi connectivity index (χ2v) is 5.60. The van der Waals surface area contributed by atoms with Crippen molar-refractivity contribution in [2.45, 2.75) is 4.90 Å². The number of alkyl halides is 1. The van der Waals surface area contributed by atoms with Crippen molar-refractivity contribution in [3.8, 4) is 0 Å². The van der Waals surface area contributed by atoms with Crippen LogP contribution in [0.25, 0.3) is 0 Å². The number of hydrogen-bond acceptors (Lipinski definition) is 4. The highest BCUT2D eigenvalue weighted by Gasteiger charge is 2.24. The quantitative estimate of drug-likeness (QED) is 0.481. The highest BCUT2D eigenvalue weighted by molar-refractivity contribution is 9.09. The van der Waals surface area contributed by atoms with Gasteiger partial charge in [-0.15, -0.1) is 0 Å². The molecular formula is C8H8BrNO4S. The zero-order valence-corrected chi connectivity index (χ0v) is 9.99. The van der Waals surface area contributed by atoms with Crippen LogP contribution < -0.4 is 0 Å². The van der Waals surface area contributed by atoms with Gasteiger partial charge in [-0.25, -0.2) is 8.42 Å². The molecule has 0 spiro atoms. The van der Waals surface area contributed by atoms with E-state index < -0.39 is 14.8 Å². The Balaban J connectivity index is 3.31. The van der Waals surface area contributed by atoms with Crippen LogP contribution in [0.5, 0.6) is 0 Å². The largest absolute Gasteiger partial charge is 0.287 e. The third-order valence-corrected chi connectivity index (χ3v) is 4.42. The Morgan fingerprint density at radius 1 is 1.33 bits per heavy atom. The molecule has 0 radical (unpaired) electrons. The van der Waals surface area contributed by atoms with E-state index in [4.69, 9.17) is 0 Å². The predicted molar refractivity (Wildman–Crippen MR) is 58.9 cm³/mol. The normalized spacial score (nSPS) is 11.3. The van der Waals surface area contributed by atoms with Gasteiger partial charge in [0.25, 0.3) is 5.69 Å². The molecule has 5 nitrogen and oxygen atoms in total. The van der Waals surface area contributed by atoms with Crippen LogP contribution in [0.15, 0.2) is 29.2 Å². The fourth-order valence-electron chi connectivity index (χ4n) is 1.08. The summed E-state index contributed by atoms with van der Waals surface area (Å²) in [5.74, 6) is -0.155. The summed E-state index contributed by atoms with van der Waals surface area (Å²) in [5, 5.41) is 10.9. The van der Waals surface area contributed by atoms with Crippen molar-refractivity contribution in [1.82, 2.24) is 0 Å². The van der Waals surface area contributed by atoms with Crippen LogP contribution in [0.1, 0.15) is 0 Å². The Labute approximate surface area is 95.3 Å². The molecule has 82 valence electrons. The van der Waals surface area contributed by atoms with Crippen LogP contribution in [0.4, 0.5) is 5.69 Å². The summed E-state index contributed by atoms with van der Waals surface area (Å²) in [4.78, 5) is 9.68. The number of sulfone groups is 1. The fraction of sp³-hybridized carbons (Fsp3) is 0.250. The lowest BCUT2D eigenvalue weighted by Crippen LogP contribution is -2.10. The molecule has 0 heterocycles. The maximum atomic E-state index is 11.6. The summed E-state index contributed by atoms with van der Waals surface area (Å²) < 4.78 is 23.2. The zero-order chi connectivity index (χ0) is 11.5. The Hall–Kier alpha value is -0.950. The second kappa shape index (κ2) is 4.71. The highest BCUT2D eigenvalue weighted by Crippen LogP contribution is 2.23. The van der Waals surface area contributed by atoms with E-state index in [-0.39, 0.29) is 21.7 Å². The van der Waals surface area contributed by atoms with Crippen LogP contribution in [-0.2, 0) is 9.84 Å². The minimum absolute atomic E-state index is 0.155. The summed E-state index contributed by atoms with van der Waals surface area (Å²) in [6.07, 6.45) is 0. The first kappa shape index (κ1) is 12.1. The summed E-state index contributed by atoms with van der Waals surface area (Å²) in [6, 6.07) is 5.33. The molecule has 0 saturated heterocycles. The molecule has 1 rings (SSSR count). The Kier molecular flexibility index (Phi) is 3.81. The number of benzene rings is 1. The molecule has 0 bridgehead atoms. The van der Waals surface area contributed by atoms with Gasteiger partial charge in [-0.2, -0.15) is 0 Å². The Morgan fingerprint density at radius 2 is 1.93 bits per heavy atom. The lowest BCUT2D eigenvalue weighted by Gasteiger charge is -2.02. The van der Waals surface area contributed by atoms with Crippen LogP contribution in [-0.4, -0.2) is 24.4 Å². The van der Waals surface area contributed by atoms with Crippen molar-refractivity contribution in [2.75, 3.05) is 11.1 Å². The maximum absolute atomic E-state index is 11.6. The molecular weight excluding hydrogens is 286 g/mol. The molecule has 7 heteroatoms. The average molecular weight is 294 g/mol. The number of halogens is 1. The molecule has 0 aliphatic heterocycles. The van der Waals surface area contributed by atoms with Crippen LogP contribution in [0, 0.1) is 10.1 Å². The van der Waals surface area contributed by atoms with Crippen molar-refractivity contribution in [1.29, 1.82) is 0 Å². The van der Waals surface area contributed by atoms with E-state index in [1.54, 1.807) is 0 Å². The number of rotatable bonds is 4. The lowest BCUT2D eigenvalue weighted by molar-refractivity contribution is -0.387. The van der Waals surface area contributed by atoms with Gasteiger partial charge in [0.2, 0.25) is 0 Å². The molecule has 1 aromatic rings. The minimum atomic E-state index is -3.57. The van der Waals surface area contributed by atoms with Gasteiger partial charge < -0.3 is 0 Å². The average Bonchev–Trinajstić information content (AvgIpc) is 2.17. The first-order valence-electron chi connectivity index (χ1n) is 4.01. The van der Waals surface area contributed by atoms with Crippen molar-refractivity contribution in [2.24, 2.45) is 0 Å².